The third-order valence-electron chi connectivity index (χ3n) is 4.17. The summed E-state index contributed by atoms with van der Waals surface area (Å²) >= 11 is 9.02. The zero-order chi connectivity index (χ0) is 20.1. The van der Waals surface area contributed by atoms with Gasteiger partial charge in [0.2, 0.25) is 5.13 Å². The fraction of sp³-hybridized carbons (Fsp3) is 0.250. The third-order valence-corrected chi connectivity index (χ3v) is 6.56. The van der Waals surface area contributed by atoms with E-state index in [9.17, 15) is 4.79 Å². The minimum Gasteiger partial charge on any atom is -0.481 e. The van der Waals surface area contributed by atoms with Gasteiger partial charge in [0.1, 0.15) is 5.75 Å². The van der Waals surface area contributed by atoms with E-state index in [0.29, 0.717) is 16.6 Å². The highest BCUT2D eigenvalue weighted by Gasteiger charge is 2.18. The van der Waals surface area contributed by atoms with Crippen molar-refractivity contribution in [2.45, 2.75) is 37.0 Å². The van der Waals surface area contributed by atoms with E-state index in [4.69, 9.17) is 16.3 Å². The van der Waals surface area contributed by atoms with Gasteiger partial charge in [0, 0.05) is 10.8 Å². The number of ether oxygens (including phenoxy) is 1. The predicted molar refractivity (Wildman–Crippen MR) is 116 cm³/mol. The summed E-state index contributed by atoms with van der Waals surface area (Å²) in [6.45, 7) is 5.70. The van der Waals surface area contributed by atoms with Crippen LogP contribution in [0.1, 0.15) is 23.6 Å². The van der Waals surface area contributed by atoms with Crippen LogP contribution in [0, 0.1) is 13.8 Å². The number of hydrogen-bond acceptors (Lipinski definition) is 6. The van der Waals surface area contributed by atoms with Gasteiger partial charge in [0.05, 0.1) is 0 Å². The molecule has 3 aromatic rings. The molecule has 1 N–H and O–H groups in total. The van der Waals surface area contributed by atoms with Gasteiger partial charge in [-0.15, -0.1) is 10.2 Å². The Balaban J connectivity index is 1.56. The van der Waals surface area contributed by atoms with E-state index < -0.39 is 6.10 Å². The zero-order valence-corrected chi connectivity index (χ0v) is 18.1. The van der Waals surface area contributed by atoms with Crippen LogP contribution in [-0.2, 0) is 10.5 Å². The molecule has 146 valence electrons. The first-order chi connectivity index (χ1) is 13.4. The second kappa shape index (κ2) is 9.41. The average Bonchev–Trinajstić information content (AvgIpc) is 3.12. The molecular formula is C20H20ClN3O2S2. The van der Waals surface area contributed by atoms with Gasteiger partial charge >= 0.3 is 0 Å². The second-order valence-electron chi connectivity index (χ2n) is 6.20. The van der Waals surface area contributed by atoms with Crippen molar-refractivity contribution in [3.63, 3.8) is 0 Å². The van der Waals surface area contributed by atoms with E-state index >= 15 is 0 Å². The monoisotopic (exact) mass is 433 g/mol. The number of hydrogen-bond donors (Lipinski definition) is 1. The summed E-state index contributed by atoms with van der Waals surface area (Å²) in [5.74, 6) is 1.13. The maximum absolute atomic E-state index is 12.4. The van der Waals surface area contributed by atoms with Crippen molar-refractivity contribution in [3.8, 4) is 5.75 Å². The molecule has 0 aliphatic heterocycles. The van der Waals surface area contributed by atoms with Crippen molar-refractivity contribution >= 4 is 45.7 Å². The van der Waals surface area contributed by atoms with Crippen molar-refractivity contribution in [1.29, 1.82) is 0 Å². The number of thioether (sulfide) groups is 1. The van der Waals surface area contributed by atoms with E-state index in [1.165, 1.54) is 23.1 Å². The van der Waals surface area contributed by atoms with Gasteiger partial charge in [-0.25, -0.2) is 0 Å². The topological polar surface area (TPSA) is 64.1 Å². The van der Waals surface area contributed by atoms with E-state index in [-0.39, 0.29) is 5.91 Å². The summed E-state index contributed by atoms with van der Waals surface area (Å²) in [7, 11) is 0. The van der Waals surface area contributed by atoms with Crippen LogP contribution in [0.15, 0.2) is 46.8 Å². The van der Waals surface area contributed by atoms with Crippen molar-refractivity contribution < 1.29 is 9.53 Å². The summed E-state index contributed by atoms with van der Waals surface area (Å²) < 4.78 is 6.57. The molecule has 8 heteroatoms. The summed E-state index contributed by atoms with van der Waals surface area (Å²) in [4.78, 5) is 12.4. The summed E-state index contributed by atoms with van der Waals surface area (Å²) in [6.07, 6.45) is -0.649. The molecule has 0 aliphatic rings. The SMILES string of the molecule is Cc1cccc(OC(C)C(=O)Nc2nnc(SCc3ccccc3Cl)s2)c1C. The highest BCUT2D eigenvalue weighted by atomic mass is 35.5. The molecular weight excluding hydrogens is 414 g/mol. The maximum atomic E-state index is 12.4. The standard InChI is InChI=1S/C20H20ClN3O2S2/c1-12-7-6-10-17(13(12)2)26-14(3)18(25)22-19-23-24-20(28-19)27-11-15-8-4-5-9-16(15)21/h4-10,14H,11H2,1-3H3,(H,22,23,25). The number of aromatic nitrogens is 2. The fourth-order valence-corrected chi connectivity index (χ4v) is 4.42. The molecule has 2 aromatic carbocycles. The van der Waals surface area contributed by atoms with Crippen LogP contribution in [0.3, 0.4) is 0 Å². The summed E-state index contributed by atoms with van der Waals surface area (Å²) in [5.41, 5.74) is 3.18. The van der Waals surface area contributed by atoms with Crippen LogP contribution < -0.4 is 10.1 Å². The van der Waals surface area contributed by atoms with Crippen LogP contribution in [0.5, 0.6) is 5.75 Å². The highest BCUT2D eigenvalue weighted by Crippen LogP contribution is 2.30. The molecule has 0 saturated carbocycles. The Labute approximate surface area is 177 Å². The Morgan fingerprint density at radius 2 is 2.00 bits per heavy atom. The second-order valence-corrected chi connectivity index (χ2v) is 8.81. The molecule has 1 amide bonds. The van der Waals surface area contributed by atoms with Gasteiger partial charge in [-0.3, -0.25) is 10.1 Å². The van der Waals surface area contributed by atoms with E-state index in [2.05, 4.69) is 15.5 Å². The number of amides is 1. The predicted octanol–water partition coefficient (Wildman–Crippen LogP) is 5.51. The molecule has 1 unspecified atom stereocenters. The maximum Gasteiger partial charge on any atom is 0.266 e. The van der Waals surface area contributed by atoms with Gasteiger partial charge in [0.15, 0.2) is 10.4 Å². The Morgan fingerprint density at radius 3 is 2.79 bits per heavy atom. The van der Waals surface area contributed by atoms with Crippen molar-refractivity contribution in [2.24, 2.45) is 0 Å². The van der Waals surface area contributed by atoms with Crippen molar-refractivity contribution in [2.75, 3.05) is 5.32 Å². The number of carbonyl (C=O) groups is 1. The highest BCUT2D eigenvalue weighted by molar-refractivity contribution is 8.00. The Bertz CT molecular complexity index is 978. The van der Waals surface area contributed by atoms with Crippen LogP contribution in [0.25, 0.3) is 0 Å². The molecule has 1 atom stereocenters. The number of carbonyl (C=O) groups excluding carboxylic acids is 1. The molecule has 1 aromatic heterocycles. The Morgan fingerprint density at radius 1 is 1.21 bits per heavy atom. The molecule has 28 heavy (non-hydrogen) atoms. The van der Waals surface area contributed by atoms with Gasteiger partial charge < -0.3 is 4.74 Å². The molecule has 1 heterocycles. The number of rotatable bonds is 7. The normalized spacial score (nSPS) is 11.9. The first kappa shape index (κ1) is 20.6. The van der Waals surface area contributed by atoms with Gasteiger partial charge in [-0.1, -0.05) is 65.0 Å². The molecule has 3 rings (SSSR count). The lowest BCUT2D eigenvalue weighted by Gasteiger charge is -2.16. The first-order valence-corrected chi connectivity index (χ1v) is 10.9. The van der Waals surface area contributed by atoms with Crippen LogP contribution in [0.2, 0.25) is 5.02 Å². The minimum atomic E-state index is -0.649. The van der Waals surface area contributed by atoms with Gasteiger partial charge in [-0.2, -0.15) is 0 Å². The minimum absolute atomic E-state index is 0.264. The number of anilines is 1. The number of halogens is 1. The fourth-order valence-electron chi connectivity index (χ4n) is 2.38. The number of aryl methyl sites for hydroxylation is 1. The van der Waals surface area contributed by atoms with Crippen LogP contribution in [0.4, 0.5) is 5.13 Å². The van der Waals surface area contributed by atoms with E-state index in [1.807, 2.05) is 56.3 Å². The summed E-state index contributed by atoms with van der Waals surface area (Å²) in [5, 5.41) is 12.1. The number of nitrogens with one attached hydrogen (secondary N) is 1. The van der Waals surface area contributed by atoms with Crippen LogP contribution >= 0.6 is 34.7 Å². The molecule has 5 nitrogen and oxygen atoms in total. The quantitative estimate of drug-likeness (QED) is 0.393. The van der Waals surface area contributed by atoms with E-state index in [1.54, 1.807) is 6.92 Å². The van der Waals surface area contributed by atoms with Crippen molar-refractivity contribution in [3.05, 3.63) is 64.2 Å². The molecule has 0 saturated heterocycles. The van der Waals surface area contributed by atoms with Crippen LogP contribution in [-0.4, -0.2) is 22.2 Å². The van der Waals surface area contributed by atoms with Gasteiger partial charge in [0.25, 0.3) is 5.91 Å². The zero-order valence-electron chi connectivity index (χ0n) is 15.7. The third kappa shape index (κ3) is 5.25. The lowest BCUT2D eigenvalue weighted by molar-refractivity contribution is -0.122. The molecule has 0 aliphatic carbocycles. The molecule has 0 radical (unpaired) electrons. The lowest BCUT2D eigenvalue weighted by Crippen LogP contribution is -2.30. The largest absolute Gasteiger partial charge is 0.481 e. The van der Waals surface area contributed by atoms with Gasteiger partial charge in [-0.05, 0) is 49.6 Å². The molecule has 0 fully saturated rings. The Kier molecular flexibility index (Phi) is 6.93. The molecule has 0 spiro atoms. The smallest absolute Gasteiger partial charge is 0.266 e. The van der Waals surface area contributed by atoms with Crippen molar-refractivity contribution in [1.82, 2.24) is 10.2 Å². The number of nitrogens with zero attached hydrogens (tertiary/aromatic N) is 2. The lowest BCUT2D eigenvalue weighted by atomic mass is 10.1. The molecule has 0 bridgehead atoms. The Hall–Kier alpha value is -2.09. The average molecular weight is 434 g/mol. The summed E-state index contributed by atoms with van der Waals surface area (Å²) in [6, 6.07) is 13.5. The first-order valence-electron chi connectivity index (χ1n) is 8.67. The van der Waals surface area contributed by atoms with E-state index in [0.717, 1.165) is 26.1 Å². The number of benzene rings is 2.